The maximum absolute atomic E-state index is 11.6. The summed E-state index contributed by atoms with van der Waals surface area (Å²) in [6.45, 7) is 8.21. The van der Waals surface area contributed by atoms with E-state index >= 15 is 0 Å². The predicted molar refractivity (Wildman–Crippen MR) is 142 cm³/mol. The highest BCUT2D eigenvalue weighted by molar-refractivity contribution is 5.79. The van der Waals surface area contributed by atoms with Crippen molar-refractivity contribution in [1.29, 1.82) is 0 Å². The molecule has 190 valence electrons. The monoisotopic (exact) mass is 498 g/mol. The molecule has 6 rings (SSSR count). The van der Waals surface area contributed by atoms with E-state index in [0.717, 1.165) is 48.4 Å². The summed E-state index contributed by atoms with van der Waals surface area (Å²) in [5, 5.41) is 0.852. The largest absolute Gasteiger partial charge is 0.484 e. The van der Waals surface area contributed by atoms with Crippen molar-refractivity contribution in [2.24, 2.45) is 0 Å². The quantitative estimate of drug-likeness (QED) is 0.388. The lowest BCUT2D eigenvalue weighted by molar-refractivity contribution is -0.0287. The number of nitrogens with zero attached hydrogens (tertiary/aromatic N) is 4. The fourth-order valence-corrected chi connectivity index (χ4v) is 4.99. The molecule has 2 aliphatic heterocycles. The number of fused-ring (bicyclic) bond motifs is 2. The van der Waals surface area contributed by atoms with Crippen molar-refractivity contribution in [2.45, 2.75) is 32.0 Å². The lowest BCUT2D eigenvalue weighted by Gasteiger charge is -2.39. The first-order valence-corrected chi connectivity index (χ1v) is 12.6. The van der Waals surface area contributed by atoms with E-state index in [0.29, 0.717) is 23.6 Å². The van der Waals surface area contributed by atoms with Crippen LogP contribution in [0.4, 0.5) is 5.69 Å². The smallest absolute Gasteiger partial charge is 0.336 e. The van der Waals surface area contributed by atoms with Crippen molar-refractivity contribution >= 4 is 16.7 Å². The van der Waals surface area contributed by atoms with Gasteiger partial charge >= 0.3 is 5.63 Å². The number of hydrogen-bond acceptors (Lipinski definition) is 8. The average Bonchev–Trinajstić information content (AvgIpc) is 2.89. The first kappa shape index (κ1) is 23.5. The molecule has 1 unspecified atom stereocenters. The third kappa shape index (κ3) is 4.76. The van der Waals surface area contributed by atoms with Crippen LogP contribution in [0.15, 0.2) is 70.1 Å². The molecular weight excluding hydrogens is 468 g/mol. The van der Waals surface area contributed by atoms with E-state index in [1.807, 2.05) is 26.0 Å². The van der Waals surface area contributed by atoms with Crippen molar-refractivity contribution in [1.82, 2.24) is 14.9 Å². The molecule has 4 heterocycles. The average molecular weight is 499 g/mol. The Balaban J connectivity index is 1.21. The Morgan fingerprint density at radius 3 is 2.54 bits per heavy atom. The first-order chi connectivity index (χ1) is 17.8. The number of rotatable bonds is 4. The molecule has 0 radical (unpaired) electrons. The normalized spacial score (nSPS) is 19.3. The highest BCUT2D eigenvalue weighted by Crippen LogP contribution is 2.37. The molecule has 4 aromatic rings. The molecule has 0 bridgehead atoms. The summed E-state index contributed by atoms with van der Waals surface area (Å²) in [4.78, 5) is 25.3. The second-order valence-electron chi connectivity index (χ2n) is 10.3. The molecule has 0 amide bonds. The molecule has 8 nitrogen and oxygen atoms in total. The van der Waals surface area contributed by atoms with Gasteiger partial charge < -0.3 is 23.7 Å². The standard InChI is InChI=1S/C29H30N4O4/c1-29(2)26(15-21-14-20-6-9-28(34)35-24(20)17-25(21)37-29)36-27-16-23(30-18-31-27)19-4-7-22(8-5-19)33-12-10-32(3)11-13-33/h4-9,14,16-18,26H,10-13,15H2,1-3H3. The number of anilines is 1. The molecule has 37 heavy (non-hydrogen) atoms. The molecule has 1 atom stereocenters. The fraction of sp³-hybridized carbons (Fsp3) is 0.345. The molecule has 1 saturated heterocycles. The number of ether oxygens (including phenoxy) is 2. The van der Waals surface area contributed by atoms with Crippen molar-refractivity contribution in [3.63, 3.8) is 0 Å². The van der Waals surface area contributed by atoms with E-state index in [-0.39, 0.29) is 11.7 Å². The minimum atomic E-state index is -0.620. The van der Waals surface area contributed by atoms with Gasteiger partial charge in [-0.1, -0.05) is 12.1 Å². The van der Waals surface area contributed by atoms with E-state index in [1.165, 1.54) is 11.8 Å². The van der Waals surface area contributed by atoms with Crippen LogP contribution in [0.25, 0.3) is 22.2 Å². The zero-order chi connectivity index (χ0) is 25.6. The van der Waals surface area contributed by atoms with E-state index in [2.05, 4.69) is 51.1 Å². The third-order valence-electron chi connectivity index (χ3n) is 7.29. The molecule has 2 aliphatic rings. The lowest BCUT2D eigenvalue weighted by Crippen LogP contribution is -2.49. The summed E-state index contributed by atoms with van der Waals surface area (Å²) < 4.78 is 18.0. The number of piperazine rings is 1. The first-order valence-electron chi connectivity index (χ1n) is 12.6. The predicted octanol–water partition coefficient (Wildman–Crippen LogP) is 4.16. The van der Waals surface area contributed by atoms with Crippen molar-refractivity contribution < 1.29 is 13.9 Å². The van der Waals surface area contributed by atoms with E-state index in [4.69, 9.17) is 13.9 Å². The molecule has 0 N–H and O–H groups in total. The third-order valence-corrected chi connectivity index (χ3v) is 7.29. The van der Waals surface area contributed by atoms with Gasteiger partial charge in [0.2, 0.25) is 5.88 Å². The Kier molecular flexibility index (Phi) is 5.83. The van der Waals surface area contributed by atoms with E-state index < -0.39 is 5.60 Å². The minimum absolute atomic E-state index is 0.268. The summed E-state index contributed by atoms with van der Waals surface area (Å²) in [5.74, 6) is 1.21. The number of likely N-dealkylation sites (N-methyl/N-ethyl adjacent to an activating group) is 1. The van der Waals surface area contributed by atoms with Crippen LogP contribution in [-0.4, -0.2) is 59.8 Å². The summed E-state index contributed by atoms with van der Waals surface area (Å²) in [7, 11) is 2.16. The van der Waals surface area contributed by atoms with Gasteiger partial charge in [0.25, 0.3) is 0 Å². The van der Waals surface area contributed by atoms with Gasteiger partial charge in [-0.2, -0.15) is 0 Å². The van der Waals surface area contributed by atoms with Gasteiger partial charge in [0.15, 0.2) is 0 Å². The number of hydrogen-bond donors (Lipinski definition) is 0. The van der Waals surface area contributed by atoms with E-state index in [9.17, 15) is 4.79 Å². The molecule has 2 aromatic carbocycles. The molecule has 1 fully saturated rings. The number of aromatic nitrogens is 2. The number of benzene rings is 2. The summed E-state index contributed by atoms with van der Waals surface area (Å²) in [5.41, 5.74) is 3.57. The minimum Gasteiger partial charge on any atom is -0.484 e. The van der Waals surface area contributed by atoms with Crippen molar-refractivity contribution in [3.05, 3.63) is 76.9 Å². The second kappa shape index (κ2) is 9.19. The maximum Gasteiger partial charge on any atom is 0.336 e. The highest BCUT2D eigenvalue weighted by atomic mass is 16.6. The van der Waals surface area contributed by atoms with Crippen LogP contribution < -0.4 is 20.0 Å². The molecule has 2 aromatic heterocycles. The molecule has 8 heteroatoms. The zero-order valence-corrected chi connectivity index (χ0v) is 21.3. The van der Waals surface area contributed by atoms with Gasteiger partial charge in [-0.15, -0.1) is 0 Å². The Morgan fingerprint density at radius 2 is 1.76 bits per heavy atom. The fourth-order valence-electron chi connectivity index (χ4n) is 4.99. The Bertz CT molecular complexity index is 1490. The molecule has 0 aliphatic carbocycles. The SMILES string of the molecule is CN1CCN(c2ccc(-c3cc(OC4Cc5cc6ccc(=O)oc6cc5OC4(C)C)ncn3)cc2)CC1. The van der Waals surface area contributed by atoms with Crippen molar-refractivity contribution in [2.75, 3.05) is 38.1 Å². The Morgan fingerprint density at radius 1 is 0.973 bits per heavy atom. The van der Waals surface area contributed by atoms with Gasteiger partial charge in [-0.05, 0) is 50.7 Å². The van der Waals surface area contributed by atoms with Gasteiger partial charge in [0.05, 0.1) is 5.69 Å². The molecular formula is C29H30N4O4. The second-order valence-corrected chi connectivity index (χ2v) is 10.3. The molecule has 0 saturated carbocycles. The van der Waals surface area contributed by atoms with Crippen LogP contribution in [0.2, 0.25) is 0 Å². The lowest BCUT2D eigenvalue weighted by atomic mass is 9.90. The summed E-state index contributed by atoms with van der Waals surface area (Å²) in [6, 6.07) is 17.4. The molecule has 0 spiro atoms. The van der Waals surface area contributed by atoms with Crippen molar-refractivity contribution in [3.8, 4) is 22.9 Å². The van der Waals surface area contributed by atoms with Crippen LogP contribution in [0.3, 0.4) is 0 Å². The maximum atomic E-state index is 11.6. The summed E-state index contributed by atoms with van der Waals surface area (Å²) >= 11 is 0. The van der Waals surface area contributed by atoms with Gasteiger partial charge in [-0.3, -0.25) is 0 Å². The van der Waals surface area contributed by atoms with Crippen LogP contribution >= 0.6 is 0 Å². The summed E-state index contributed by atoms with van der Waals surface area (Å²) in [6.07, 6.45) is 1.91. The van der Waals surface area contributed by atoms with Crippen LogP contribution in [0, 0.1) is 0 Å². The van der Waals surface area contributed by atoms with Gasteiger partial charge in [0, 0.05) is 67.4 Å². The van der Waals surface area contributed by atoms with Gasteiger partial charge in [-0.25, -0.2) is 14.8 Å². The Labute approximate surface area is 215 Å². The Hall–Kier alpha value is -3.91. The van der Waals surface area contributed by atoms with E-state index in [1.54, 1.807) is 18.5 Å². The highest BCUT2D eigenvalue weighted by Gasteiger charge is 2.39. The van der Waals surface area contributed by atoms with Crippen LogP contribution in [-0.2, 0) is 6.42 Å². The topological polar surface area (TPSA) is 80.9 Å². The van der Waals surface area contributed by atoms with Crippen LogP contribution in [0.5, 0.6) is 11.6 Å². The van der Waals surface area contributed by atoms with Crippen LogP contribution in [0.1, 0.15) is 19.4 Å². The zero-order valence-electron chi connectivity index (χ0n) is 21.3. The van der Waals surface area contributed by atoms with Gasteiger partial charge in [0.1, 0.15) is 29.4 Å².